The standard InChI is InChI=1S/C19H26N4O3/c1-13(2)22-10-8-15(9-11-22)12-23(19(24)25)17-7-5-4-6-16(17)18-20-14(3)21-26-18/h4-7,13,15H,8-12H2,1-3H3,(H,24,25). The van der Waals surface area contributed by atoms with Crippen LogP contribution in [0.15, 0.2) is 28.8 Å². The first-order chi connectivity index (χ1) is 12.5. The summed E-state index contributed by atoms with van der Waals surface area (Å²) in [4.78, 5) is 20.1. The highest BCUT2D eigenvalue weighted by Crippen LogP contribution is 2.31. The number of aryl methyl sites for hydroxylation is 1. The van der Waals surface area contributed by atoms with E-state index >= 15 is 0 Å². The second-order valence-electron chi connectivity index (χ2n) is 7.13. The molecule has 3 rings (SSSR count). The highest BCUT2D eigenvalue weighted by molar-refractivity contribution is 5.91. The van der Waals surface area contributed by atoms with Gasteiger partial charge in [-0.3, -0.25) is 4.90 Å². The van der Waals surface area contributed by atoms with Crippen LogP contribution in [0.3, 0.4) is 0 Å². The largest absolute Gasteiger partial charge is 0.465 e. The Bertz CT molecular complexity index is 751. The minimum Gasteiger partial charge on any atom is -0.465 e. The summed E-state index contributed by atoms with van der Waals surface area (Å²) in [6.07, 6.45) is 1.05. The zero-order chi connectivity index (χ0) is 18.7. The van der Waals surface area contributed by atoms with E-state index in [-0.39, 0.29) is 0 Å². The van der Waals surface area contributed by atoms with Gasteiger partial charge in [0.25, 0.3) is 5.89 Å². The second kappa shape index (κ2) is 7.86. The van der Waals surface area contributed by atoms with E-state index in [1.807, 2.05) is 18.2 Å². The van der Waals surface area contributed by atoms with E-state index in [9.17, 15) is 9.90 Å². The number of hydrogen-bond donors (Lipinski definition) is 1. The van der Waals surface area contributed by atoms with Gasteiger partial charge in [-0.15, -0.1) is 0 Å². The zero-order valence-corrected chi connectivity index (χ0v) is 15.6. The third kappa shape index (κ3) is 4.04. The topological polar surface area (TPSA) is 82.7 Å². The number of likely N-dealkylation sites (tertiary alicyclic amines) is 1. The molecule has 0 radical (unpaired) electrons. The number of para-hydroxylation sites is 1. The number of nitrogens with zero attached hydrogens (tertiary/aromatic N) is 4. The first-order valence-corrected chi connectivity index (χ1v) is 9.10. The van der Waals surface area contributed by atoms with Gasteiger partial charge in [0.15, 0.2) is 5.82 Å². The number of hydrogen-bond acceptors (Lipinski definition) is 5. The molecule has 26 heavy (non-hydrogen) atoms. The maximum absolute atomic E-state index is 12.0. The summed E-state index contributed by atoms with van der Waals surface area (Å²) in [5, 5.41) is 13.6. The first kappa shape index (κ1) is 18.4. The second-order valence-corrected chi connectivity index (χ2v) is 7.13. The molecule has 1 aliphatic heterocycles. The van der Waals surface area contributed by atoms with Crippen molar-refractivity contribution in [3.05, 3.63) is 30.1 Å². The third-order valence-corrected chi connectivity index (χ3v) is 5.00. The molecule has 1 aromatic heterocycles. The minimum atomic E-state index is -0.958. The Hall–Kier alpha value is -2.41. The molecule has 0 bridgehead atoms. The summed E-state index contributed by atoms with van der Waals surface area (Å²) < 4.78 is 5.26. The molecule has 0 saturated carbocycles. The number of amides is 1. The lowest BCUT2D eigenvalue weighted by atomic mass is 9.95. The summed E-state index contributed by atoms with van der Waals surface area (Å²) in [7, 11) is 0. The summed E-state index contributed by atoms with van der Waals surface area (Å²) in [5.74, 6) is 1.22. The van der Waals surface area contributed by atoms with Gasteiger partial charge >= 0.3 is 6.09 Å². The highest BCUT2D eigenvalue weighted by Gasteiger charge is 2.27. The van der Waals surface area contributed by atoms with Gasteiger partial charge in [-0.1, -0.05) is 17.3 Å². The molecule has 1 fully saturated rings. The molecular formula is C19H26N4O3. The Balaban J connectivity index is 1.80. The van der Waals surface area contributed by atoms with Crippen molar-refractivity contribution in [1.82, 2.24) is 15.0 Å². The summed E-state index contributed by atoms with van der Waals surface area (Å²) in [6.45, 7) is 8.65. The van der Waals surface area contributed by atoms with Crippen LogP contribution in [-0.2, 0) is 0 Å². The Morgan fingerprint density at radius 1 is 1.35 bits per heavy atom. The van der Waals surface area contributed by atoms with Gasteiger partial charge in [0, 0.05) is 12.6 Å². The zero-order valence-electron chi connectivity index (χ0n) is 15.6. The fraction of sp³-hybridized carbons (Fsp3) is 0.526. The summed E-state index contributed by atoms with van der Waals surface area (Å²) in [5.41, 5.74) is 1.24. The van der Waals surface area contributed by atoms with Crippen molar-refractivity contribution in [3.63, 3.8) is 0 Å². The van der Waals surface area contributed by atoms with E-state index in [4.69, 9.17) is 4.52 Å². The van der Waals surface area contributed by atoms with Crippen LogP contribution in [0, 0.1) is 12.8 Å². The van der Waals surface area contributed by atoms with Crippen LogP contribution in [0.25, 0.3) is 11.5 Å². The lowest BCUT2D eigenvalue weighted by Gasteiger charge is -2.36. The van der Waals surface area contributed by atoms with Crippen LogP contribution < -0.4 is 4.90 Å². The van der Waals surface area contributed by atoms with E-state index in [2.05, 4.69) is 28.9 Å². The predicted molar refractivity (Wildman–Crippen MR) is 99.3 cm³/mol. The van der Waals surface area contributed by atoms with Gasteiger partial charge in [-0.2, -0.15) is 4.98 Å². The van der Waals surface area contributed by atoms with Crippen LogP contribution in [0.2, 0.25) is 0 Å². The van der Waals surface area contributed by atoms with Crippen molar-refractivity contribution in [2.24, 2.45) is 5.92 Å². The maximum Gasteiger partial charge on any atom is 0.411 e. The third-order valence-electron chi connectivity index (χ3n) is 5.00. The van der Waals surface area contributed by atoms with Crippen molar-refractivity contribution in [2.75, 3.05) is 24.5 Å². The average Bonchev–Trinajstić information content (AvgIpc) is 3.06. The number of carboxylic acid groups (broad SMARTS) is 1. The summed E-state index contributed by atoms with van der Waals surface area (Å²) in [6, 6.07) is 7.83. The van der Waals surface area contributed by atoms with E-state index in [1.54, 1.807) is 13.0 Å². The Morgan fingerprint density at radius 2 is 2.04 bits per heavy atom. The molecule has 0 atom stereocenters. The fourth-order valence-electron chi connectivity index (χ4n) is 3.49. The van der Waals surface area contributed by atoms with Crippen LogP contribution in [0.4, 0.5) is 10.5 Å². The smallest absolute Gasteiger partial charge is 0.411 e. The molecule has 7 heteroatoms. The normalized spacial score (nSPS) is 16.2. The number of carbonyl (C=O) groups is 1. The average molecular weight is 358 g/mol. The first-order valence-electron chi connectivity index (χ1n) is 9.10. The van der Waals surface area contributed by atoms with E-state index in [1.165, 1.54) is 4.90 Å². The predicted octanol–water partition coefficient (Wildman–Crippen LogP) is 3.65. The van der Waals surface area contributed by atoms with Gasteiger partial charge in [0.05, 0.1) is 11.3 Å². The molecule has 0 spiro atoms. The van der Waals surface area contributed by atoms with Crippen molar-refractivity contribution in [2.45, 2.75) is 39.7 Å². The monoisotopic (exact) mass is 358 g/mol. The Morgan fingerprint density at radius 3 is 2.62 bits per heavy atom. The molecule has 140 valence electrons. The van der Waals surface area contributed by atoms with Crippen LogP contribution in [-0.4, -0.2) is 51.9 Å². The van der Waals surface area contributed by atoms with Crippen molar-refractivity contribution >= 4 is 11.8 Å². The van der Waals surface area contributed by atoms with Gasteiger partial charge in [0.2, 0.25) is 0 Å². The van der Waals surface area contributed by atoms with Gasteiger partial charge in [0.1, 0.15) is 0 Å². The number of rotatable bonds is 5. The lowest BCUT2D eigenvalue weighted by molar-refractivity contribution is 0.149. The molecule has 0 aliphatic carbocycles. The molecule has 1 aromatic carbocycles. The molecule has 2 aromatic rings. The number of benzene rings is 1. The van der Waals surface area contributed by atoms with Crippen LogP contribution in [0.5, 0.6) is 0 Å². The van der Waals surface area contributed by atoms with E-state index in [0.717, 1.165) is 25.9 Å². The number of piperidine rings is 1. The molecule has 1 aliphatic rings. The fourth-order valence-corrected chi connectivity index (χ4v) is 3.49. The molecule has 7 nitrogen and oxygen atoms in total. The Kier molecular flexibility index (Phi) is 5.56. The minimum absolute atomic E-state index is 0.346. The van der Waals surface area contributed by atoms with Crippen LogP contribution >= 0.6 is 0 Å². The van der Waals surface area contributed by atoms with Gasteiger partial charge in [-0.05, 0) is 64.8 Å². The molecule has 1 amide bonds. The van der Waals surface area contributed by atoms with E-state index in [0.29, 0.717) is 41.5 Å². The molecule has 1 N–H and O–H groups in total. The quantitative estimate of drug-likeness (QED) is 0.878. The SMILES string of the molecule is Cc1noc(-c2ccccc2N(CC2CCN(C(C)C)CC2)C(=O)O)n1. The van der Waals surface area contributed by atoms with E-state index < -0.39 is 6.09 Å². The Labute approximate surface area is 153 Å². The maximum atomic E-state index is 12.0. The highest BCUT2D eigenvalue weighted by atomic mass is 16.5. The molecular weight excluding hydrogens is 332 g/mol. The van der Waals surface area contributed by atoms with Gasteiger partial charge in [-0.25, -0.2) is 4.79 Å². The van der Waals surface area contributed by atoms with Crippen molar-refractivity contribution in [3.8, 4) is 11.5 Å². The number of anilines is 1. The van der Waals surface area contributed by atoms with Crippen molar-refractivity contribution < 1.29 is 14.4 Å². The summed E-state index contributed by atoms with van der Waals surface area (Å²) >= 11 is 0. The lowest BCUT2D eigenvalue weighted by Crippen LogP contribution is -2.43. The van der Waals surface area contributed by atoms with Crippen LogP contribution in [0.1, 0.15) is 32.5 Å². The number of aromatic nitrogens is 2. The molecule has 2 heterocycles. The molecule has 1 saturated heterocycles. The van der Waals surface area contributed by atoms with Gasteiger partial charge < -0.3 is 14.5 Å². The molecule has 0 unspecified atom stereocenters. The van der Waals surface area contributed by atoms with Crippen molar-refractivity contribution in [1.29, 1.82) is 0 Å².